The molecule has 1 saturated heterocycles. The first-order chi connectivity index (χ1) is 13.0. The van der Waals surface area contributed by atoms with E-state index >= 15 is 0 Å². The van der Waals surface area contributed by atoms with Gasteiger partial charge in [-0.1, -0.05) is 0 Å². The number of rotatable bonds is 5. The van der Waals surface area contributed by atoms with Crippen molar-refractivity contribution in [3.63, 3.8) is 0 Å². The summed E-state index contributed by atoms with van der Waals surface area (Å²) >= 11 is 0. The van der Waals surface area contributed by atoms with Crippen LogP contribution in [0.15, 0.2) is 18.3 Å². The fraction of sp³-hybridized carbons (Fsp3) is 0.267. The van der Waals surface area contributed by atoms with Gasteiger partial charge in [0.2, 0.25) is 5.95 Å². The van der Waals surface area contributed by atoms with E-state index in [1.54, 1.807) is 6.92 Å². The first-order valence-corrected chi connectivity index (χ1v) is 7.89. The minimum atomic E-state index is -0.766. The summed E-state index contributed by atoms with van der Waals surface area (Å²) in [4.78, 5) is 7.47. The highest BCUT2D eigenvalue weighted by Crippen LogP contribution is 2.32. The molecule has 4 rings (SSSR count). The molecule has 0 aliphatic carbocycles. The van der Waals surface area contributed by atoms with Crippen molar-refractivity contribution in [1.29, 1.82) is 0 Å². The molecule has 140 valence electrons. The van der Waals surface area contributed by atoms with Crippen LogP contribution in [0.2, 0.25) is 0 Å². The lowest BCUT2D eigenvalue weighted by molar-refractivity contribution is -0.0797. The Balaban J connectivity index is 1.73. The predicted octanol–water partition coefficient (Wildman–Crippen LogP) is 1.14. The van der Waals surface area contributed by atoms with Crippen LogP contribution >= 0.6 is 0 Å². The van der Waals surface area contributed by atoms with Gasteiger partial charge in [-0.15, -0.1) is 5.10 Å². The number of anilines is 3. The topological polar surface area (TPSA) is 126 Å². The predicted molar refractivity (Wildman–Crippen MR) is 88.8 cm³/mol. The molecule has 27 heavy (non-hydrogen) atoms. The largest absolute Gasteiger partial charge is 0.483 e. The van der Waals surface area contributed by atoms with Crippen molar-refractivity contribution < 1.29 is 18.3 Å². The summed E-state index contributed by atoms with van der Waals surface area (Å²) in [6.07, 6.45) is 0.710. The zero-order valence-corrected chi connectivity index (χ0v) is 14.1. The Morgan fingerprint density at radius 1 is 1.30 bits per heavy atom. The zero-order valence-electron chi connectivity index (χ0n) is 14.1. The smallest absolute Gasteiger partial charge is 0.229 e. The fourth-order valence-electron chi connectivity index (χ4n) is 2.38. The zero-order chi connectivity index (χ0) is 19.0. The van der Waals surface area contributed by atoms with Crippen molar-refractivity contribution in [3.8, 4) is 11.4 Å². The Labute approximate surface area is 151 Å². The van der Waals surface area contributed by atoms with E-state index in [0.717, 1.165) is 6.20 Å². The fourth-order valence-corrected chi connectivity index (χ4v) is 2.38. The number of nitrogens with two attached hydrogens (primary N) is 1. The highest BCUT2D eigenvalue weighted by molar-refractivity contribution is 5.63. The van der Waals surface area contributed by atoms with Crippen molar-refractivity contribution in [3.05, 3.63) is 35.8 Å². The molecule has 3 heterocycles. The lowest BCUT2D eigenvalue weighted by Gasteiger charge is -2.27. The first kappa shape index (κ1) is 17.0. The van der Waals surface area contributed by atoms with Gasteiger partial charge in [0.15, 0.2) is 23.3 Å². The Morgan fingerprint density at radius 2 is 2.11 bits per heavy atom. The quantitative estimate of drug-likeness (QED) is 0.674. The van der Waals surface area contributed by atoms with Gasteiger partial charge in [-0.25, -0.2) is 13.8 Å². The van der Waals surface area contributed by atoms with Crippen LogP contribution in [-0.2, 0) is 4.74 Å². The number of nitrogens with one attached hydrogen (secondary N) is 1. The molecule has 0 unspecified atom stereocenters. The minimum absolute atomic E-state index is 0.0168. The molecule has 2 aromatic heterocycles. The molecule has 1 fully saturated rings. The minimum Gasteiger partial charge on any atom is -0.483 e. The number of tetrazole rings is 1. The van der Waals surface area contributed by atoms with Gasteiger partial charge in [0, 0.05) is 6.07 Å². The van der Waals surface area contributed by atoms with E-state index in [1.165, 1.54) is 16.8 Å². The number of hydrogen-bond acceptors (Lipinski definition) is 9. The van der Waals surface area contributed by atoms with Gasteiger partial charge in [-0.3, -0.25) is 0 Å². The third kappa shape index (κ3) is 3.33. The number of aryl methyl sites for hydroxylation is 1. The van der Waals surface area contributed by atoms with E-state index < -0.39 is 11.6 Å². The number of halogens is 2. The summed E-state index contributed by atoms with van der Waals surface area (Å²) in [5.74, 6) is -1.09. The van der Waals surface area contributed by atoms with Crippen molar-refractivity contribution in [2.75, 3.05) is 24.3 Å². The van der Waals surface area contributed by atoms with E-state index in [-0.39, 0.29) is 29.3 Å². The molecule has 3 aromatic rings. The Hall–Kier alpha value is -3.41. The first-order valence-electron chi connectivity index (χ1n) is 7.89. The molecule has 12 heteroatoms. The molecule has 1 aromatic carbocycles. The number of nitrogens with zero attached hydrogens (tertiary/aromatic N) is 6. The van der Waals surface area contributed by atoms with Crippen LogP contribution in [0, 0.1) is 18.6 Å². The summed E-state index contributed by atoms with van der Waals surface area (Å²) in [6, 6.07) is 2.64. The number of ether oxygens (including phenoxy) is 2. The van der Waals surface area contributed by atoms with Gasteiger partial charge in [-0.2, -0.15) is 9.67 Å². The lowest BCUT2D eigenvalue weighted by Crippen LogP contribution is -2.38. The Bertz CT molecular complexity index is 992. The van der Waals surface area contributed by atoms with Crippen LogP contribution < -0.4 is 15.8 Å². The van der Waals surface area contributed by atoms with Crippen LogP contribution in [0.1, 0.15) is 5.82 Å². The maximum absolute atomic E-state index is 14.6. The van der Waals surface area contributed by atoms with Gasteiger partial charge in [-0.05, 0) is 23.4 Å². The molecule has 1 aliphatic rings. The molecule has 3 N–H and O–H groups in total. The monoisotopic (exact) mass is 376 g/mol. The standard InChI is InChI=1S/C15H14F2N8O2/c1-7-22-23-24-25(7)12-3-11(20-15-19-4-10(17)14(18)21-15)9(16)2-13(12)27-8-5-26-6-8/h2-4,8H,5-6H2,1H3,(H3,18,19,20,21). The normalized spacial score (nSPS) is 14.0. The van der Waals surface area contributed by atoms with Gasteiger partial charge < -0.3 is 20.5 Å². The van der Waals surface area contributed by atoms with Crippen LogP contribution in [0.4, 0.5) is 26.2 Å². The van der Waals surface area contributed by atoms with E-state index in [0.29, 0.717) is 24.7 Å². The SMILES string of the molecule is Cc1nnnn1-c1cc(Nc2ncc(F)c(N)n2)c(F)cc1OC1COC1. The van der Waals surface area contributed by atoms with Crippen molar-refractivity contribution in [2.45, 2.75) is 13.0 Å². The van der Waals surface area contributed by atoms with Crippen molar-refractivity contribution in [2.24, 2.45) is 0 Å². The molecule has 0 saturated carbocycles. The molecule has 10 nitrogen and oxygen atoms in total. The number of aromatic nitrogens is 6. The maximum atomic E-state index is 14.6. The summed E-state index contributed by atoms with van der Waals surface area (Å²) < 4.78 is 40.1. The van der Waals surface area contributed by atoms with E-state index in [2.05, 4.69) is 30.8 Å². The molecule has 0 bridgehead atoms. The third-order valence-electron chi connectivity index (χ3n) is 3.82. The maximum Gasteiger partial charge on any atom is 0.229 e. The molecule has 0 spiro atoms. The molecular formula is C15H14F2N8O2. The van der Waals surface area contributed by atoms with Crippen molar-refractivity contribution >= 4 is 17.5 Å². The van der Waals surface area contributed by atoms with Crippen LogP contribution in [0.3, 0.4) is 0 Å². The van der Waals surface area contributed by atoms with Crippen molar-refractivity contribution in [1.82, 2.24) is 30.2 Å². The summed E-state index contributed by atoms with van der Waals surface area (Å²) in [5, 5.41) is 14.0. The molecule has 1 aliphatic heterocycles. The number of nitrogen functional groups attached to an aromatic ring is 1. The van der Waals surface area contributed by atoms with Gasteiger partial charge in [0.25, 0.3) is 0 Å². The number of benzene rings is 1. The van der Waals surface area contributed by atoms with E-state index in [9.17, 15) is 8.78 Å². The van der Waals surface area contributed by atoms with Gasteiger partial charge in [0.1, 0.15) is 17.5 Å². The molecular weight excluding hydrogens is 362 g/mol. The molecule has 0 radical (unpaired) electrons. The highest BCUT2D eigenvalue weighted by atomic mass is 19.1. The second kappa shape index (κ2) is 6.72. The Morgan fingerprint density at radius 3 is 2.74 bits per heavy atom. The molecule has 0 atom stereocenters. The summed E-state index contributed by atoms with van der Waals surface area (Å²) in [6.45, 7) is 2.52. The Kier molecular flexibility index (Phi) is 4.24. The number of hydrogen-bond donors (Lipinski definition) is 2. The highest BCUT2D eigenvalue weighted by Gasteiger charge is 2.24. The van der Waals surface area contributed by atoms with E-state index in [1.807, 2.05) is 0 Å². The van der Waals surface area contributed by atoms with Gasteiger partial charge >= 0.3 is 0 Å². The molecule has 0 amide bonds. The third-order valence-corrected chi connectivity index (χ3v) is 3.82. The second-order valence-electron chi connectivity index (χ2n) is 5.77. The van der Waals surface area contributed by atoms with Crippen LogP contribution in [-0.4, -0.2) is 49.5 Å². The lowest BCUT2D eigenvalue weighted by atomic mass is 10.2. The van der Waals surface area contributed by atoms with Gasteiger partial charge in [0.05, 0.1) is 25.1 Å². The average Bonchev–Trinajstić information content (AvgIpc) is 3.02. The van der Waals surface area contributed by atoms with E-state index in [4.69, 9.17) is 15.2 Å². The van der Waals surface area contributed by atoms with Crippen LogP contribution in [0.5, 0.6) is 5.75 Å². The van der Waals surface area contributed by atoms with Crippen LogP contribution in [0.25, 0.3) is 5.69 Å². The summed E-state index contributed by atoms with van der Waals surface area (Å²) in [7, 11) is 0. The second-order valence-corrected chi connectivity index (χ2v) is 5.77. The average molecular weight is 376 g/mol. The summed E-state index contributed by atoms with van der Waals surface area (Å²) in [5.41, 5.74) is 5.84.